The molecule has 1 unspecified atom stereocenters. The maximum Gasteiger partial charge on any atom is 0.357 e. The molecule has 0 N–H and O–H groups in total. The Balaban J connectivity index is 1.51. The van der Waals surface area contributed by atoms with Crippen LogP contribution in [0.5, 0.6) is 5.88 Å². The van der Waals surface area contributed by atoms with Crippen molar-refractivity contribution < 1.29 is 19.0 Å². The van der Waals surface area contributed by atoms with Gasteiger partial charge >= 0.3 is 5.97 Å². The van der Waals surface area contributed by atoms with E-state index < -0.39 is 5.97 Å². The molecule has 1 saturated carbocycles. The molecular weight excluding hydrogens is 306 g/mol. The average Bonchev–Trinajstić information content (AvgIpc) is 2.95. The zero-order valence-electron chi connectivity index (χ0n) is 14.6. The Morgan fingerprint density at radius 2 is 2.08 bits per heavy atom. The molecule has 5 heteroatoms. The van der Waals surface area contributed by atoms with E-state index in [0.29, 0.717) is 12.5 Å². The lowest BCUT2D eigenvalue weighted by atomic mass is 9.83. The number of hydrogen-bond donors (Lipinski definition) is 0. The third-order valence-electron chi connectivity index (χ3n) is 4.79. The summed E-state index contributed by atoms with van der Waals surface area (Å²) in [5.74, 6) is 0.0233. The van der Waals surface area contributed by atoms with E-state index in [-0.39, 0.29) is 23.5 Å². The molecule has 1 aromatic heterocycles. The first-order chi connectivity index (χ1) is 11.6. The number of pyridine rings is 1. The Labute approximate surface area is 143 Å². The zero-order chi connectivity index (χ0) is 17.0. The number of carbonyl (C=O) groups is 1. The second-order valence-corrected chi connectivity index (χ2v) is 7.15. The Morgan fingerprint density at radius 1 is 1.29 bits per heavy atom. The van der Waals surface area contributed by atoms with Gasteiger partial charge in [-0.15, -0.1) is 0 Å². The normalized spacial score (nSPS) is 22.7. The van der Waals surface area contributed by atoms with E-state index in [2.05, 4.69) is 4.98 Å². The summed E-state index contributed by atoms with van der Waals surface area (Å²) >= 11 is 0. The molecule has 0 amide bonds. The molecular formula is C19H27NO4. The molecule has 132 valence electrons. The second-order valence-electron chi connectivity index (χ2n) is 7.15. The quantitative estimate of drug-likeness (QED) is 0.765. The predicted octanol–water partition coefficient (Wildman–Crippen LogP) is 3.91. The lowest BCUT2D eigenvalue weighted by Crippen LogP contribution is -2.32. The van der Waals surface area contributed by atoms with E-state index in [4.69, 9.17) is 14.2 Å². The van der Waals surface area contributed by atoms with Gasteiger partial charge in [-0.1, -0.05) is 25.3 Å². The summed E-state index contributed by atoms with van der Waals surface area (Å²) in [5, 5.41) is 0. The number of ether oxygens (including phenoxy) is 3. The van der Waals surface area contributed by atoms with Crippen LogP contribution in [0.15, 0.2) is 18.2 Å². The van der Waals surface area contributed by atoms with Gasteiger partial charge in [0.2, 0.25) is 5.88 Å². The summed E-state index contributed by atoms with van der Waals surface area (Å²) in [6.07, 6.45) is 8.19. The molecule has 0 bridgehead atoms. The van der Waals surface area contributed by atoms with Gasteiger partial charge in [0.25, 0.3) is 0 Å². The summed E-state index contributed by atoms with van der Waals surface area (Å²) in [7, 11) is 0. The van der Waals surface area contributed by atoms with Crippen LogP contribution in [0.25, 0.3) is 0 Å². The maximum atomic E-state index is 12.2. The molecule has 0 radical (unpaired) electrons. The summed E-state index contributed by atoms with van der Waals surface area (Å²) < 4.78 is 17.2. The third kappa shape index (κ3) is 4.26. The number of hydrogen-bond acceptors (Lipinski definition) is 5. The predicted molar refractivity (Wildman–Crippen MR) is 90.2 cm³/mol. The average molecular weight is 333 g/mol. The fourth-order valence-electron chi connectivity index (χ4n) is 3.65. The monoisotopic (exact) mass is 333 g/mol. The molecule has 3 rings (SSSR count). The topological polar surface area (TPSA) is 57.7 Å². The molecule has 2 heterocycles. The van der Waals surface area contributed by atoms with Crippen LogP contribution in [0.1, 0.15) is 69.3 Å². The Morgan fingerprint density at radius 3 is 2.83 bits per heavy atom. The van der Waals surface area contributed by atoms with Gasteiger partial charge in [0.15, 0.2) is 5.69 Å². The van der Waals surface area contributed by atoms with Gasteiger partial charge in [0.1, 0.15) is 6.61 Å². The van der Waals surface area contributed by atoms with Crippen molar-refractivity contribution in [2.24, 2.45) is 0 Å². The highest BCUT2D eigenvalue weighted by Gasteiger charge is 2.41. The fourth-order valence-corrected chi connectivity index (χ4v) is 3.65. The van der Waals surface area contributed by atoms with Crippen LogP contribution in [0, 0.1) is 0 Å². The van der Waals surface area contributed by atoms with Crippen LogP contribution in [-0.4, -0.2) is 35.4 Å². The van der Waals surface area contributed by atoms with Gasteiger partial charge in [-0.2, -0.15) is 0 Å². The van der Waals surface area contributed by atoms with Crippen molar-refractivity contribution >= 4 is 5.97 Å². The molecule has 24 heavy (non-hydrogen) atoms. The van der Waals surface area contributed by atoms with Crippen LogP contribution >= 0.6 is 0 Å². The van der Waals surface area contributed by atoms with Gasteiger partial charge < -0.3 is 14.2 Å². The van der Waals surface area contributed by atoms with Crippen molar-refractivity contribution in [1.82, 2.24) is 4.98 Å². The van der Waals surface area contributed by atoms with Crippen LogP contribution in [0.2, 0.25) is 0 Å². The summed E-state index contributed by atoms with van der Waals surface area (Å²) in [6, 6.07) is 5.14. The van der Waals surface area contributed by atoms with Crippen LogP contribution in [-0.2, 0) is 9.47 Å². The van der Waals surface area contributed by atoms with Gasteiger partial charge in [0.05, 0.1) is 17.8 Å². The molecule has 5 nitrogen and oxygen atoms in total. The first kappa shape index (κ1) is 17.2. The molecule has 1 aliphatic heterocycles. The van der Waals surface area contributed by atoms with Crippen molar-refractivity contribution in [3.05, 3.63) is 23.9 Å². The number of rotatable bonds is 5. The SMILES string of the molecule is CC(C)Oc1cccc(C(=O)OCC2CCC3(CCCCC3)O2)n1. The minimum Gasteiger partial charge on any atom is -0.475 e. The largest absolute Gasteiger partial charge is 0.475 e. The number of carbonyl (C=O) groups excluding carboxylic acids is 1. The molecule has 0 aromatic carbocycles. The molecule has 1 aliphatic carbocycles. The van der Waals surface area contributed by atoms with Crippen LogP contribution < -0.4 is 4.74 Å². The highest BCUT2D eigenvalue weighted by molar-refractivity contribution is 5.87. The van der Waals surface area contributed by atoms with Crippen molar-refractivity contribution in [3.63, 3.8) is 0 Å². The van der Waals surface area contributed by atoms with Crippen LogP contribution in [0.4, 0.5) is 0 Å². The minimum atomic E-state index is -0.419. The summed E-state index contributed by atoms with van der Waals surface area (Å²) in [5.41, 5.74) is 0.331. The Kier molecular flexibility index (Phi) is 5.39. The second kappa shape index (κ2) is 7.51. The van der Waals surface area contributed by atoms with E-state index in [1.54, 1.807) is 18.2 Å². The van der Waals surface area contributed by atoms with E-state index in [1.165, 1.54) is 19.3 Å². The van der Waals surface area contributed by atoms with E-state index in [0.717, 1.165) is 25.7 Å². The lowest BCUT2D eigenvalue weighted by Gasteiger charge is -2.33. The summed E-state index contributed by atoms with van der Waals surface area (Å²) in [4.78, 5) is 16.4. The third-order valence-corrected chi connectivity index (χ3v) is 4.79. The molecule has 1 aromatic rings. The van der Waals surface area contributed by atoms with Crippen molar-refractivity contribution in [1.29, 1.82) is 0 Å². The van der Waals surface area contributed by atoms with Gasteiger partial charge in [-0.25, -0.2) is 9.78 Å². The van der Waals surface area contributed by atoms with E-state index in [9.17, 15) is 4.79 Å². The molecule has 1 atom stereocenters. The van der Waals surface area contributed by atoms with E-state index in [1.807, 2.05) is 13.8 Å². The lowest BCUT2D eigenvalue weighted by molar-refractivity contribution is -0.0810. The van der Waals surface area contributed by atoms with Crippen molar-refractivity contribution in [2.45, 2.75) is 76.6 Å². The fraction of sp³-hybridized carbons (Fsp3) is 0.684. The minimum absolute atomic E-state index is 0.0159. The van der Waals surface area contributed by atoms with E-state index >= 15 is 0 Å². The standard InChI is InChI=1S/C19H27NO4/c1-14(2)23-17-8-6-7-16(20-17)18(21)22-13-15-9-12-19(24-15)10-4-3-5-11-19/h6-8,14-15H,3-5,9-13H2,1-2H3. The number of nitrogens with zero attached hydrogens (tertiary/aromatic N) is 1. The van der Waals surface area contributed by atoms with Gasteiger partial charge in [0, 0.05) is 6.07 Å². The first-order valence-electron chi connectivity index (χ1n) is 9.05. The zero-order valence-corrected chi connectivity index (χ0v) is 14.6. The highest BCUT2D eigenvalue weighted by Crippen LogP contribution is 2.41. The van der Waals surface area contributed by atoms with Gasteiger partial charge in [-0.3, -0.25) is 0 Å². The molecule has 1 spiro atoms. The van der Waals surface area contributed by atoms with Crippen LogP contribution in [0.3, 0.4) is 0 Å². The Bertz CT molecular complexity index is 566. The number of aromatic nitrogens is 1. The maximum absolute atomic E-state index is 12.2. The molecule has 2 aliphatic rings. The summed E-state index contributed by atoms with van der Waals surface area (Å²) in [6.45, 7) is 4.15. The number of esters is 1. The first-order valence-corrected chi connectivity index (χ1v) is 9.05. The Hall–Kier alpha value is -1.62. The van der Waals surface area contributed by atoms with Gasteiger partial charge in [-0.05, 0) is 45.6 Å². The highest BCUT2D eigenvalue weighted by atomic mass is 16.6. The van der Waals surface area contributed by atoms with Crippen molar-refractivity contribution in [2.75, 3.05) is 6.61 Å². The smallest absolute Gasteiger partial charge is 0.357 e. The van der Waals surface area contributed by atoms with Crippen molar-refractivity contribution in [3.8, 4) is 5.88 Å². The molecule has 1 saturated heterocycles. The molecule has 2 fully saturated rings.